The Balaban J connectivity index is 2.12. The van der Waals surface area contributed by atoms with E-state index < -0.39 is 33.3 Å². The number of amides is 1. The fraction of sp³-hybridized carbons (Fsp3) is 0.250. The molecule has 3 aromatic rings. The molecule has 2 N–H and O–H groups in total. The minimum atomic E-state index is -3.75. The molecule has 0 aliphatic heterocycles. The van der Waals surface area contributed by atoms with Crippen molar-refractivity contribution >= 4 is 26.8 Å². The lowest BCUT2D eigenvalue weighted by atomic mass is 10.1. The molecule has 1 atom stereocenters. The zero-order chi connectivity index (χ0) is 21.6. The molecule has 1 unspecified atom stereocenters. The second-order valence-electron chi connectivity index (χ2n) is 7.28. The molecule has 10 heteroatoms. The number of aromatic nitrogens is 2. The van der Waals surface area contributed by atoms with Gasteiger partial charge in [0.2, 0.25) is 0 Å². The summed E-state index contributed by atoms with van der Waals surface area (Å²) in [5.41, 5.74) is -0.451. The first-order chi connectivity index (χ1) is 14.2. The van der Waals surface area contributed by atoms with Gasteiger partial charge in [-0.1, -0.05) is 12.1 Å². The molecule has 0 saturated heterocycles. The first kappa shape index (κ1) is 20.0. The summed E-state index contributed by atoms with van der Waals surface area (Å²) in [6, 6.07) is 8.69. The second kappa shape index (κ2) is 7.21. The van der Waals surface area contributed by atoms with Gasteiger partial charge < -0.3 is 10.4 Å². The number of hydrogen-bond donors (Lipinski definition) is 2. The largest absolute Gasteiger partial charge is 0.465 e. The molecule has 1 saturated carbocycles. The summed E-state index contributed by atoms with van der Waals surface area (Å²) in [7, 11) is -3.75. The zero-order valence-electron chi connectivity index (χ0n) is 15.9. The smallest absolute Gasteiger partial charge is 0.405 e. The normalized spacial score (nSPS) is 15.1. The SMILES string of the molecule is CS(=O)(=O)c1cccc2nc(C(NC(=O)O)C3CC3)n(-c3cccc(F)c3)c(=O)c12. The van der Waals surface area contributed by atoms with Gasteiger partial charge in [-0.2, -0.15) is 0 Å². The lowest BCUT2D eigenvalue weighted by molar-refractivity contribution is 0.187. The third kappa shape index (κ3) is 3.65. The molecule has 8 nitrogen and oxygen atoms in total. The van der Waals surface area contributed by atoms with Gasteiger partial charge in [-0.25, -0.2) is 22.6 Å². The van der Waals surface area contributed by atoms with Crippen molar-refractivity contribution < 1.29 is 22.7 Å². The van der Waals surface area contributed by atoms with Gasteiger partial charge >= 0.3 is 6.09 Å². The number of carbonyl (C=O) groups is 1. The molecule has 156 valence electrons. The summed E-state index contributed by atoms with van der Waals surface area (Å²) in [4.78, 5) is 29.2. The number of nitrogens with one attached hydrogen (secondary N) is 1. The van der Waals surface area contributed by atoms with Gasteiger partial charge in [-0.3, -0.25) is 9.36 Å². The van der Waals surface area contributed by atoms with Crippen molar-refractivity contribution in [2.24, 2.45) is 5.92 Å². The van der Waals surface area contributed by atoms with Gasteiger partial charge in [-0.15, -0.1) is 0 Å². The van der Waals surface area contributed by atoms with Crippen molar-refractivity contribution in [1.29, 1.82) is 0 Å². The highest BCUT2D eigenvalue weighted by Gasteiger charge is 2.37. The monoisotopic (exact) mass is 431 g/mol. The van der Waals surface area contributed by atoms with E-state index >= 15 is 0 Å². The molecule has 1 aliphatic rings. The van der Waals surface area contributed by atoms with E-state index in [1.54, 1.807) is 0 Å². The standard InChI is InChI=1S/C20H18FN3O5S/c1-30(28,29)15-7-3-6-14-16(15)19(25)24(13-5-2-4-12(21)10-13)18(22-14)17(11-8-9-11)23-20(26)27/h2-7,10-11,17,23H,8-9H2,1H3,(H,26,27). The van der Waals surface area contributed by atoms with E-state index in [0.717, 1.165) is 29.7 Å². The van der Waals surface area contributed by atoms with Gasteiger partial charge in [0.25, 0.3) is 5.56 Å². The molecule has 0 bridgehead atoms. The molecule has 0 spiro atoms. The Morgan fingerprint density at radius 3 is 2.57 bits per heavy atom. The van der Waals surface area contributed by atoms with Gasteiger partial charge in [-0.05, 0) is 49.1 Å². The van der Waals surface area contributed by atoms with E-state index in [2.05, 4.69) is 10.3 Å². The van der Waals surface area contributed by atoms with Crippen LogP contribution in [0.15, 0.2) is 52.2 Å². The van der Waals surface area contributed by atoms with Crippen LogP contribution in [0.3, 0.4) is 0 Å². The van der Waals surface area contributed by atoms with E-state index in [0.29, 0.717) is 0 Å². The first-order valence-electron chi connectivity index (χ1n) is 9.18. The van der Waals surface area contributed by atoms with E-state index in [9.17, 15) is 27.5 Å². The number of halogens is 1. The number of sulfone groups is 1. The fourth-order valence-electron chi connectivity index (χ4n) is 3.56. The van der Waals surface area contributed by atoms with Crippen molar-refractivity contribution in [1.82, 2.24) is 14.9 Å². The van der Waals surface area contributed by atoms with E-state index in [1.165, 1.54) is 36.4 Å². The number of nitrogens with zero attached hydrogens (tertiary/aromatic N) is 2. The second-order valence-corrected chi connectivity index (χ2v) is 9.26. The Bertz CT molecular complexity index is 1330. The lowest BCUT2D eigenvalue weighted by Crippen LogP contribution is -2.35. The number of fused-ring (bicyclic) bond motifs is 1. The Kier molecular flexibility index (Phi) is 4.81. The van der Waals surface area contributed by atoms with Gasteiger partial charge in [0.1, 0.15) is 11.6 Å². The molecule has 1 aromatic heterocycles. The Morgan fingerprint density at radius 2 is 1.97 bits per heavy atom. The first-order valence-corrected chi connectivity index (χ1v) is 11.1. The summed E-state index contributed by atoms with van der Waals surface area (Å²) in [6.45, 7) is 0. The van der Waals surface area contributed by atoms with Crippen LogP contribution in [0.2, 0.25) is 0 Å². The highest BCUT2D eigenvalue weighted by molar-refractivity contribution is 7.91. The summed E-state index contributed by atoms with van der Waals surface area (Å²) >= 11 is 0. The predicted molar refractivity (Wildman–Crippen MR) is 107 cm³/mol. The van der Waals surface area contributed by atoms with Gasteiger partial charge in [0.05, 0.1) is 27.5 Å². The van der Waals surface area contributed by atoms with Gasteiger partial charge in [0, 0.05) is 6.26 Å². The molecule has 1 fully saturated rings. The predicted octanol–water partition coefficient (Wildman–Crippen LogP) is 2.65. The van der Waals surface area contributed by atoms with Crippen LogP contribution in [0.5, 0.6) is 0 Å². The van der Waals surface area contributed by atoms with Crippen LogP contribution >= 0.6 is 0 Å². The molecular formula is C20H18FN3O5S. The van der Waals surface area contributed by atoms with Crippen molar-refractivity contribution in [2.45, 2.75) is 23.8 Å². The minimum Gasteiger partial charge on any atom is -0.465 e. The van der Waals surface area contributed by atoms with Crippen LogP contribution < -0.4 is 10.9 Å². The van der Waals surface area contributed by atoms with Crippen molar-refractivity contribution in [2.75, 3.05) is 6.26 Å². The average molecular weight is 431 g/mol. The Labute approximate surface area is 170 Å². The van der Waals surface area contributed by atoms with E-state index in [-0.39, 0.29) is 33.2 Å². The fourth-order valence-corrected chi connectivity index (χ4v) is 4.44. The summed E-state index contributed by atoms with van der Waals surface area (Å²) in [6.07, 6.45) is 1.19. The molecule has 1 heterocycles. The number of rotatable bonds is 5. The molecular weight excluding hydrogens is 413 g/mol. The quantitative estimate of drug-likeness (QED) is 0.641. The maximum atomic E-state index is 13.9. The zero-order valence-corrected chi connectivity index (χ0v) is 16.7. The van der Waals surface area contributed by atoms with Crippen LogP contribution in [0.25, 0.3) is 16.6 Å². The highest BCUT2D eigenvalue weighted by Crippen LogP contribution is 2.41. The molecule has 30 heavy (non-hydrogen) atoms. The molecule has 0 radical (unpaired) electrons. The third-order valence-corrected chi connectivity index (χ3v) is 6.14. The van der Waals surface area contributed by atoms with E-state index in [1.807, 2.05) is 0 Å². The number of hydrogen-bond acceptors (Lipinski definition) is 5. The highest BCUT2D eigenvalue weighted by atomic mass is 32.2. The van der Waals surface area contributed by atoms with Crippen molar-refractivity contribution in [3.05, 3.63) is 64.5 Å². The molecule has 4 rings (SSSR count). The molecule has 2 aromatic carbocycles. The summed E-state index contributed by atoms with van der Waals surface area (Å²) in [5.74, 6) is -0.576. The Hall–Kier alpha value is -3.27. The summed E-state index contributed by atoms with van der Waals surface area (Å²) < 4.78 is 39.6. The maximum Gasteiger partial charge on any atom is 0.405 e. The lowest BCUT2D eigenvalue weighted by Gasteiger charge is -2.22. The number of carboxylic acid groups (broad SMARTS) is 1. The molecule has 1 aliphatic carbocycles. The van der Waals surface area contributed by atoms with Crippen LogP contribution in [0.1, 0.15) is 24.7 Å². The summed E-state index contributed by atoms with van der Waals surface area (Å²) in [5, 5.41) is 11.6. The van der Waals surface area contributed by atoms with Crippen LogP contribution in [-0.4, -0.2) is 35.4 Å². The number of benzene rings is 2. The van der Waals surface area contributed by atoms with E-state index in [4.69, 9.17) is 0 Å². The maximum absolute atomic E-state index is 13.9. The Morgan fingerprint density at radius 1 is 1.27 bits per heavy atom. The minimum absolute atomic E-state index is 0.0663. The third-order valence-electron chi connectivity index (χ3n) is 5.00. The van der Waals surface area contributed by atoms with Crippen LogP contribution in [-0.2, 0) is 9.84 Å². The van der Waals surface area contributed by atoms with Crippen LogP contribution in [0.4, 0.5) is 9.18 Å². The van der Waals surface area contributed by atoms with Crippen LogP contribution in [0, 0.1) is 11.7 Å². The topological polar surface area (TPSA) is 118 Å². The van der Waals surface area contributed by atoms with Crippen molar-refractivity contribution in [3.8, 4) is 5.69 Å². The molecule has 1 amide bonds. The van der Waals surface area contributed by atoms with Gasteiger partial charge in [0.15, 0.2) is 9.84 Å². The average Bonchev–Trinajstić information content (AvgIpc) is 3.49. The van der Waals surface area contributed by atoms with Crippen molar-refractivity contribution in [3.63, 3.8) is 0 Å².